The number of anilines is 1. The first-order valence-corrected chi connectivity index (χ1v) is 10.9. The zero-order valence-electron chi connectivity index (χ0n) is 15.5. The molecule has 0 saturated carbocycles. The highest BCUT2D eigenvalue weighted by atomic mass is 32.2. The summed E-state index contributed by atoms with van der Waals surface area (Å²) in [6.45, 7) is 2.24. The van der Waals surface area contributed by atoms with E-state index in [9.17, 15) is 8.42 Å². The Kier molecular flexibility index (Phi) is 3.91. The monoisotopic (exact) mass is 392 g/mol. The number of hydrogen-bond acceptors (Lipinski definition) is 4. The molecule has 1 aliphatic rings. The third kappa shape index (κ3) is 2.85. The van der Waals surface area contributed by atoms with Gasteiger partial charge in [-0.1, -0.05) is 25.1 Å². The van der Waals surface area contributed by atoms with Gasteiger partial charge in [0.2, 0.25) is 0 Å². The Bertz CT molecular complexity index is 1300. The number of sulfonamides is 1. The molecule has 0 aliphatic heterocycles. The zero-order chi connectivity index (χ0) is 19.3. The van der Waals surface area contributed by atoms with Crippen molar-refractivity contribution in [3.05, 3.63) is 66.1 Å². The summed E-state index contributed by atoms with van der Waals surface area (Å²) in [5, 5.41) is 1.79. The first-order chi connectivity index (χ1) is 13.5. The maximum Gasteiger partial charge on any atom is 0.264 e. The van der Waals surface area contributed by atoms with Crippen LogP contribution in [-0.4, -0.2) is 13.4 Å². The van der Waals surface area contributed by atoms with E-state index in [1.807, 2.05) is 24.3 Å². The summed E-state index contributed by atoms with van der Waals surface area (Å²) in [7, 11) is -3.77. The summed E-state index contributed by atoms with van der Waals surface area (Å²) >= 11 is 0. The van der Waals surface area contributed by atoms with E-state index in [1.54, 1.807) is 30.5 Å². The minimum atomic E-state index is -3.77. The van der Waals surface area contributed by atoms with Crippen molar-refractivity contribution in [2.75, 3.05) is 4.72 Å². The van der Waals surface area contributed by atoms with Crippen molar-refractivity contribution in [1.82, 2.24) is 4.98 Å². The van der Waals surface area contributed by atoms with E-state index in [1.165, 1.54) is 5.56 Å². The van der Waals surface area contributed by atoms with Crippen LogP contribution < -0.4 is 4.72 Å². The fourth-order valence-corrected chi connectivity index (χ4v) is 5.25. The summed E-state index contributed by atoms with van der Waals surface area (Å²) in [5.74, 6) is 1.64. The standard InChI is InChI=1S/C22H20N2O3S/c1-14-7-9-19-17(12-14)18-13-16(8-10-20(18)27-19)24-28(25,26)21-6-2-4-15-5-3-11-23-22(15)21/h2-6,8,10-11,13-14,24H,7,9,12H2,1H3/t14-/m0/s1. The van der Waals surface area contributed by atoms with Crippen molar-refractivity contribution in [3.63, 3.8) is 0 Å². The molecule has 0 amide bonds. The highest BCUT2D eigenvalue weighted by Crippen LogP contribution is 2.35. The first kappa shape index (κ1) is 17.3. The molecule has 142 valence electrons. The van der Waals surface area contributed by atoms with E-state index in [-0.39, 0.29) is 4.90 Å². The van der Waals surface area contributed by atoms with Gasteiger partial charge in [-0.2, -0.15) is 0 Å². The highest BCUT2D eigenvalue weighted by molar-refractivity contribution is 7.93. The SMILES string of the molecule is C[C@H]1CCc2oc3ccc(NS(=O)(=O)c4cccc5cccnc45)cc3c2C1. The van der Waals surface area contributed by atoms with Crippen molar-refractivity contribution in [3.8, 4) is 0 Å². The molecule has 1 N–H and O–H groups in total. The van der Waals surface area contributed by atoms with Crippen LogP contribution in [0.1, 0.15) is 24.7 Å². The van der Waals surface area contributed by atoms with Crippen LogP contribution in [0.2, 0.25) is 0 Å². The van der Waals surface area contributed by atoms with Crippen molar-refractivity contribution in [1.29, 1.82) is 0 Å². The van der Waals surface area contributed by atoms with Crippen LogP contribution in [0.25, 0.3) is 21.9 Å². The van der Waals surface area contributed by atoms with Crippen LogP contribution in [0.15, 0.2) is 64.0 Å². The molecule has 1 aliphatic carbocycles. The van der Waals surface area contributed by atoms with Gasteiger partial charge in [0.1, 0.15) is 16.2 Å². The average Bonchev–Trinajstić information content (AvgIpc) is 3.04. The van der Waals surface area contributed by atoms with Gasteiger partial charge in [-0.15, -0.1) is 0 Å². The molecule has 5 rings (SSSR count). The third-order valence-electron chi connectivity index (χ3n) is 5.43. The number of aromatic nitrogens is 1. The van der Waals surface area contributed by atoms with Gasteiger partial charge < -0.3 is 4.42 Å². The van der Waals surface area contributed by atoms with Crippen molar-refractivity contribution in [2.24, 2.45) is 5.92 Å². The molecule has 1 atom stereocenters. The van der Waals surface area contributed by atoms with E-state index < -0.39 is 10.0 Å². The van der Waals surface area contributed by atoms with Gasteiger partial charge in [0.25, 0.3) is 10.0 Å². The molecule has 4 aromatic rings. The van der Waals surface area contributed by atoms with Crippen LogP contribution in [-0.2, 0) is 22.9 Å². The number of nitrogens with zero attached hydrogens (tertiary/aromatic N) is 1. The summed E-state index contributed by atoms with van der Waals surface area (Å²) in [6, 6.07) is 14.3. The van der Waals surface area contributed by atoms with Gasteiger partial charge in [-0.25, -0.2) is 8.42 Å². The second-order valence-corrected chi connectivity index (χ2v) is 9.15. The summed E-state index contributed by atoms with van der Waals surface area (Å²) < 4.78 is 34.8. The summed E-state index contributed by atoms with van der Waals surface area (Å²) in [4.78, 5) is 4.44. The Morgan fingerprint density at radius 1 is 1.14 bits per heavy atom. The number of aryl methyl sites for hydroxylation is 1. The molecule has 0 radical (unpaired) electrons. The second-order valence-electron chi connectivity index (χ2n) is 7.50. The molecule has 2 aromatic heterocycles. The van der Waals surface area contributed by atoms with E-state index in [0.29, 0.717) is 17.1 Å². The quantitative estimate of drug-likeness (QED) is 0.538. The fraction of sp³-hybridized carbons (Fsp3) is 0.227. The average molecular weight is 392 g/mol. The Labute approximate surface area is 163 Å². The molecular weight excluding hydrogens is 372 g/mol. The van der Waals surface area contributed by atoms with Crippen LogP contribution in [0, 0.1) is 5.92 Å². The molecule has 2 heterocycles. The number of nitrogens with one attached hydrogen (secondary N) is 1. The lowest BCUT2D eigenvalue weighted by atomic mass is 9.88. The molecule has 28 heavy (non-hydrogen) atoms. The number of hydrogen-bond donors (Lipinski definition) is 1. The molecule has 0 unspecified atom stereocenters. The van der Waals surface area contributed by atoms with Gasteiger partial charge in [0.05, 0.1) is 5.52 Å². The lowest BCUT2D eigenvalue weighted by Crippen LogP contribution is -2.13. The van der Waals surface area contributed by atoms with E-state index >= 15 is 0 Å². The van der Waals surface area contributed by atoms with Gasteiger partial charge in [0.15, 0.2) is 0 Å². The van der Waals surface area contributed by atoms with Crippen molar-refractivity contribution >= 4 is 37.6 Å². The Morgan fingerprint density at radius 3 is 2.89 bits per heavy atom. The predicted octanol–water partition coefficient (Wildman–Crippen LogP) is 4.91. The van der Waals surface area contributed by atoms with Crippen LogP contribution in [0.5, 0.6) is 0 Å². The van der Waals surface area contributed by atoms with Crippen LogP contribution >= 0.6 is 0 Å². The summed E-state index contributed by atoms with van der Waals surface area (Å²) in [6.07, 6.45) is 4.63. The van der Waals surface area contributed by atoms with E-state index in [2.05, 4.69) is 16.6 Å². The first-order valence-electron chi connectivity index (χ1n) is 9.42. The lowest BCUT2D eigenvalue weighted by Gasteiger charge is -2.16. The zero-order valence-corrected chi connectivity index (χ0v) is 16.3. The van der Waals surface area contributed by atoms with Gasteiger partial charge >= 0.3 is 0 Å². The number of rotatable bonds is 3. The lowest BCUT2D eigenvalue weighted by molar-refractivity contribution is 0.438. The molecular formula is C22H20N2O3S. The third-order valence-corrected chi connectivity index (χ3v) is 6.84. The number of benzene rings is 2. The molecule has 2 aromatic carbocycles. The number of pyridine rings is 1. The Hall–Kier alpha value is -2.86. The highest BCUT2D eigenvalue weighted by Gasteiger charge is 2.23. The molecule has 5 nitrogen and oxygen atoms in total. The maximum absolute atomic E-state index is 13.1. The second kappa shape index (κ2) is 6.34. The Balaban J connectivity index is 1.56. The minimum Gasteiger partial charge on any atom is -0.461 e. The fourth-order valence-electron chi connectivity index (χ4n) is 4.02. The van der Waals surface area contributed by atoms with Gasteiger partial charge in [-0.3, -0.25) is 9.71 Å². The maximum atomic E-state index is 13.1. The summed E-state index contributed by atoms with van der Waals surface area (Å²) in [5.41, 5.74) is 3.02. The predicted molar refractivity (Wildman–Crippen MR) is 110 cm³/mol. The van der Waals surface area contributed by atoms with Crippen molar-refractivity contribution in [2.45, 2.75) is 31.1 Å². The molecule has 0 spiro atoms. The van der Waals surface area contributed by atoms with Crippen LogP contribution in [0.4, 0.5) is 5.69 Å². The Morgan fingerprint density at radius 2 is 2.00 bits per heavy atom. The van der Waals surface area contributed by atoms with Crippen molar-refractivity contribution < 1.29 is 12.8 Å². The number of para-hydroxylation sites is 1. The largest absolute Gasteiger partial charge is 0.461 e. The molecule has 0 bridgehead atoms. The number of fused-ring (bicyclic) bond motifs is 4. The van der Waals surface area contributed by atoms with Gasteiger partial charge in [0, 0.05) is 34.6 Å². The smallest absolute Gasteiger partial charge is 0.264 e. The molecule has 0 fully saturated rings. The number of furan rings is 1. The minimum absolute atomic E-state index is 0.175. The van der Waals surface area contributed by atoms with Crippen LogP contribution in [0.3, 0.4) is 0 Å². The van der Waals surface area contributed by atoms with E-state index in [0.717, 1.165) is 41.4 Å². The van der Waals surface area contributed by atoms with Gasteiger partial charge in [-0.05, 0) is 49.1 Å². The molecule has 0 saturated heterocycles. The van der Waals surface area contributed by atoms with E-state index in [4.69, 9.17) is 4.42 Å². The normalized spacial score (nSPS) is 17.0. The topological polar surface area (TPSA) is 72.2 Å². The molecule has 6 heteroatoms.